The molecule has 3 aromatic carbocycles. The van der Waals surface area contributed by atoms with E-state index in [1.54, 1.807) is 12.1 Å². The van der Waals surface area contributed by atoms with Gasteiger partial charge in [-0.15, -0.1) is 0 Å². The van der Waals surface area contributed by atoms with Crippen molar-refractivity contribution in [2.45, 2.75) is 63.8 Å². The minimum absolute atomic E-state index is 0.0535. The molecule has 4 rings (SSSR count). The van der Waals surface area contributed by atoms with Crippen LogP contribution in [0.25, 0.3) is 11.1 Å². The Labute approximate surface area is 220 Å². The largest absolute Gasteiger partial charge is 0.432 e. The van der Waals surface area contributed by atoms with Crippen molar-refractivity contribution in [3.63, 3.8) is 0 Å². The first-order chi connectivity index (χ1) is 18.4. The van der Waals surface area contributed by atoms with Gasteiger partial charge >= 0.3 is 12.2 Å². The molecule has 10 heteroatoms. The molecule has 0 atom stereocenters. The van der Waals surface area contributed by atoms with Gasteiger partial charge in [0, 0.05) is 11.6 Å². The van der Waals surface area contributed by atoms with Crippen LogP contribution in [0.5, 0.6) is 5.75 Å². The zero-order chi connectivity index (χ0) is 28.4. The Balaban J connectivity index is 1.36. The van der Waals surface area contributed by atoms with Crippen molar-refractivity contribution in [2.75, 3.05) is 0 Å². The highest BCUT2D eigenvalue weighted by molar-refractivity contribution is 5.65. The van der Waals surface area contributed by atoms with Crippen molar-refractivity contribution in [2.24, 2.45) is 5.92 Å². The summed E-state index contributed by atoms with van der Waals surface area (Å²) in [6, 6.07) is 9.57. The molecule has 3 aromatic rings. The van der Waals surface area contributed by atoms with Gasteiger partial charge in [0.05, 0.1) is 17.6 Å². The summed E-state index contributed by atoms with van der Waals surface area (Å²) in [5.74, 6) is -7.76. The second-order valence-corrected chi connectivity index (χ2v) is 9.61. The van der Waals surface area contributed by atoms with Gasteiger partial charge < -0.3 is 9.47 Å². The SMILES string of the molecule is CCCc1ccc(C(F)(F)OC2CCC(C(F)(F)Oc3ccc(-c4cc(F)c(F)c(F)c4)c(F)c3)CC2)cc1. The molecule has 1 aliphatic carbocycles. The number of hydrogen-bond donors (Lipinski definition) is 0. The van der Waals surface area contributed by atoms with Crippen LogP contribution in [0.4, 0.5) is 35.1 Å². The maximum Gasteiger partial charge on any atom is 0.400 e. The van der Waals surface area contributed by atoms with E-state index < -0.39 is 53.3 Å². The van der Waals surface area contributed by atoms with Gasteiger partial charge in [-0.25, -0.2) is 17.6 Å². The van der Waals surface area contributed by atoms with E-state index >= 15 is 0 Å². The summed E-state index contributed by atoms with van der Waals surface area (Å²) >= 11 is 0. The molecular weight excluding hydrogens is 532 g/mol. The number of aryl methyl sites for hydroxylation is 1. The summed E-state index contributed by atoms with van der Waals surface area (Å²) in [6.07, 6.45) is -7.06. The topological polar surface area (TPSA) is 18.5 Å². The standard InChI is InChI=1S/C29H26F8O2/c1-2-3-17-4-6-19(7-5-17)28(34,35)38-21-10-8-20(9-11-21)29(36,37)39-22-12-13-23(24(30)16-22)18-14-25(31)27(33)26(32)15-18/h4-7,12-16,20-21H,2-3,8-11H2,1H3. The number of alkyl halides is 4. The van der Waals surface area contributed by atoms with Gasteiger partial charge in [0.2, 0.25) is 0 Å². The third-order valence-corrected chi connectivity index (χ3v) is 6.78. The fraction of sp³-hybridized carbons (Fsp3) is 0.379. The molecular formula is C29H26F8O2. The van der Waals surface area contributed by atoms with Crippen LogP contribution in [0.2, 0.25) is 0 Å². The molecule has 0 aliphatic heterocycles. The minimum atomic E-state index is -3.75. The zero-order valence-corrected chi connectivity index (χ0v) is 20.9. The van der Waals surface area contributed by atoms with E-state index in [0.717, 1.165) is 30.5 Å². The fourth-order valence-corrected chi connectivity index (χ4v) is 4.69. The first-order valence-electron chi connectivity index (χ1n) is 12.6. The summed E-state index contributed by atoms with van der Waals surface area (Å²) in [6.45, 7) is 1.98. The molecule has 0 amide bonds. The number of rotatable bonds is 9. The lowest BCUT2D eigenvalue weighted by Crippen LogP contribution is -2.39. The highest BCUT2D eigenvalue weighted by Crippen LogP contribution is 2.42. The van der Waals surface area contributed by atoms with Gasteiger partial charge in [-0.1, -0.05) is 37.6 Å². The average Bonchev–Trinajstić information content (AvgIpc) is 2.87. The van der Waals surface area contributed by atoms with E-state index in [1.807, 2.05) is 6.92 Å². The molecule has 0 heterocycles. The number of benzene rings is 3. The first-order valence-corrected chi connectivity index (χ1v) is 12.6. The normalized spacial score (nSPS) is 18.3. The van der Waals surface area contributed by atoms with Crippen molar-refractivity contribution in [1.29, 1.82) is 0 Å². The van der Waals surface area contributed by atoms with E-state index in [0.29, 0.717) is 18.2 Å². The van der Waals surface area contributed by atoms with E-state index in [2.05, 4.69) is 0 Å². The lowest BCUT2D eigenvalue weighted by molar-refractivity contribution is -0.284. The summed E-state index contributed by atoms with van der Waals surface area (Å²) < 4.78 is 123. The van der Waals surface area contributed by atoms with Gasteiger partial charge in [0.25, 0.3) is 0 Å². The Morgan fingerprint density at radius 3 is 1.95 bits per heavy atom. The van der Waals surface area contributed by atoms with Gasteiger partial charge in [-0.2, -0.15) is 17.6 Å². The quantitative estimate of drug-likeness (QED) is 0.193. The number of ether oxygens (including phenoxy) is 2. The van der Waals surface area contributed by atoms with Gasteiger partial charge in [0.15, 0.2) is 17.5 Å². The van der Waals surface area contributed by atoms with Crippen molar-refractivity contribution in [1.82, 2.24) is 0 Å². The Morgan fingerprint density at radius 2 is 1.38 bits per heavy atom. The van der Waals surface area contributed by atoms with Crippen LogP contribution < -0.4 is 4.74 Å². The lowest BCUT2D eigenvalue weighted by Gasteiger charge is -2.34. The van der Waals surface area contributed by atoms with Gasteiger partial charge in [-0.05, 0) is 67.5 Å². The van der Waals surface area contributed by atoms with Crippen molar-refractivity contribution in [3.8, 4) is 16.9 Å². The molecule has 0 radical (unpaired) electrons. The maximum absolute atomic E-state index is 14.9. The highest BCUT2D eigenvalue weighted by atomic mass is 19.3. The summed E-state index contributed by atoms with van der Waals surface area (Å²) in [5, 5.41) is 0. The molecule has 2 nitrogen and oxygen atoms in total. The Morgan fingerprint density at radius 1 is 0.769 bits per heavy atom. The van der Waals surface area contributed by atoms with Crippen LogP contribution in [-0.4, -0.2) is 12.2 Å². The summed E-state index contributed by atoms with van der Waals surface area (Å²) in [7, 11) is 0. The van der Waals surface area contributed by atoms with Gasteiger partial charge in [0.1, 0.15) is 11.6 Å². The third kappa shape index (κ3) is 6.72. The van der Waals surface area contributed by atoms with E-state index in [-0.39, 0.29) is 42.4 Å². The molecule has 0 N–H and O–H groups in total. The molecule has 1 aliphatic rings. The van der Waals surface area contributed by atoms with Crippen LogP contribution >= 0.6 is 0 Å². The van der Waals surface area contributed by atoms with Gasteiger partial charge in [-0.3, -0.25) is 0 Å². The highest BCUT2D eigenvalue weighted by Gasteiger charge is 2.46. The molecule has 39 heavy (non-hydrogen) atoms. The van der Waals surface area contributed by atoms with Crippen LogP contribution in [0.15, 0.2) is 54.6 Å². The lowest BCUT2D eigenvalue weighted by atomic mass is 9.86. The molecule has 210 valence electrons. The van der Waals surface area contributed by atoms with E-state index in [1.165, 1.54) is 12.1 Å². The molecule has 0 spiro atoms. The number of hydrogen-bond acceptors (Lipinski definition) is 2. The van der Waals surface area contributed by atoms with Crippen LogP contribution in [0.3, 0.4) is 0 Å². The van der Waals surface area contributed by atoms with Crippen LogP contribution in [-0.2, 0) is 17.3 Å². The average molecular weight is 559 g/mol. The molecule has 0 unspecified atom stereocenters. The Kier molecular flexibility index (Phi) is 8.54. The van der Waals surface area contributed by atoms with Crippen LogP contribution in [0.1, 0.15) is 50.2 Å². The summed E-state index contributed by atoms with van der Waals surface area (Å²) in [4.78, 5) is 0. The molecule has 0 saturated heterocycles. The summed E-state index contributed by atoms with van der Waals surface area (Å²) in [5.41, 5.74) is -0.0569. The fourth-order valence-electron chi connectivity index (χ4n) is 4.69. The van der Waals surface area contributed by atoms with Crippen molar-refractivity contribution in [3.05, 3.63) is 89.0 Å². The monoisotopic (exact) mass is 558 g/mol. The second-order valence-electron chi connectivity index (χ2n) is 9.61. The van der Waals surface area contributed by atoms with E-state index in [4.69, 9.17) is 9.47 Å². The minimum Gasteiger partial charge on any atom is -0.432 e. The maximum atomic E-state index is 14.9. The van der Waals surface area contributed by atoms with E-state index in [9.17, 15) is 35.1 Å². The zero-order valence-electron chi connectivity index (χ0n) is 20.9. The number of halogens is 8. The second kappa shape index (κ2) is 11.5. The molecule has 1 saturated carbocycles. The molecule has 1 fully saturated rings. The third-order valence-electron chi connectivity index (χ3n) is 6.78. The molecule has 0 aromatic heterocycles. The molecule has 0 bridgehead atoms. The Hall–Kier alpha value is -3.14. The van der Waals surface area contributed by atoms with Crippen LogP contribution in [0, 0.1) is 29.2 Å². The van der Waals surface area contributed by atoms with Crippen molar-refractivity contribution < 1.29 is 44.6 Å². The predicted octanol–water partition coefficient (Wildman–Crippen LogP) is 9.16. The Bertz CT molecular complexity index is 1260. The first kappa shape index (κ1) is 28.9. The predicted molar refractivity (Wildman–Crippen MR) is 128 cm³/mol. The van der Waals surface area contributed by atoms with Crippen molar-refractivity contribution >= 4 is 0 Å². The smallest absolute Gasteiger partial charge is 0.400 e.